The highest BCUT2D eigenvalue weighted by Crippen LogP contribution is 2.47. The number of alkyl halides is 2. The van der Waals surface area contributed by atoms with E-state index < -0.39 is 0 Å². The Morgan fingerprint density at radius 2 is 0.840 bits per heavy atom. The summed E-state index contributed by atoms with van der Waals surface area (Å²) in [6.07, 6.45) is 0. The van der Waals surface area contributed by atoms with Crippen LogP contribution in [0.3, 0.4) is 0 Å². The number of benzene rings is 2. The molecule has 0 fully saturated rings. The highest BCUT2D eigenvalue weighted by molar-refractivity contribution is 9.16. The molecule has 1 nitrogen and oxygen atoms in total. The second-order valence-electron chi connectivity index (χ2n) is 4.55. The Bertz CT molecular complexity index is 755. The number of halogens is 10. The Morgan fingerprint density at radius 1 is 0.520 bits per heavy atom. The predicted octanol–water partition coefficient (Wildman–Crippen LogP) is 11.3. The van der Waals surface area contributed by atoms with Crippen molar-refractivity contribution in [2.24, 2.45) is 0 Å². The van der Waals surface area contributed by atoms with E-state index in [4.69, 9.17) is 4.74 Å². The topological polar surface area (TPSA) is 9.23 Å². The summed E-state index contributed by atoms with van der Waals surface area (Å²) in [4.78, 5) is 0. The zero-order valence-corrected chi connectivity index (χ0v) is 27.4. The molecule has 0 aromatic heterocycles. The average molecular weight is 987 g/mol. The summed E-state index contributed by atoms with van der Waals surface area (Å²) in [6.45, 7) is 0. The van der Waals surface area contributed by atoms with E-state index in [2.05, 4.69) is 159 Å². The summed E-state index contributed by atoms with van der Waals surface area (Å²) in [6, 6.07) is 3.97. The molecular weight excluding hydrogens is 983 g/mol. The van der Waals surface area contributed by atoms with Crippen molar-refractivity contribution in [2.75, 3.05) is 0 Å². The minimum Gasteiger partial charge on any atom is -0.343 e. The molecule has 11 heteroatoms. The van der Waals surface area contributed by atoms with Gasteiger partial charge >= 0.3 is 0 Å². The van der Waals surface area contributed by atoms with Crippen LogP contribution in [-0.2, 0) is 4.74 Å². The van der Waals surface area contributed by atoms with E-state index in [1.165, 1.54) is 0 Å². The van der Waals surface area contributed by atoms with E-state index >= 15 is 0 Å². The Hall–Kier alpha value is 3.20. The normalized spacial score (nSPS) is 13.8. The Morgan fingerprint density at radius 3 is 1.16 bits per heavy atom. The Balaban J connectivity index is 2.35. The molecular formula is C14H4Br10O. The molecule has 0 aliphatic rings. The van der Waals surface area contributed by atoms with Gasteiger partial charge in [-0.05, 0) is 140 Å². The fourth-order valence-corrected chi connectivity index (χ4v) is 8.33. The largest absolute Gasteiger partial charge is 0.343 e. The minimum absolute atomic E-state index is 0.347. The lowest BCUT2D eigenvalue weighted by Gasteiger charge is -2.21. The zero-order valence-electron chi connectivity index (χ0n) is 11.5. The van der Waals surface area contributed by atoms with Crippen molar-refractivity contribution in [1.82, 2.24) is 0 Å². The van der Waals surface area contributed by atoms with Gasteiger partial charge in [-0.25, -0.2) is 0 Å². The molecule has 0 spiro atoms. The van der Waals surface area contributed by atoms with Crippen LogP contribution in [0.2, 0.25) is 0 Å². The molecule has 25 heavy (non-hydrogen) atoms. The smallest absolute Gasteiger partial charge is 0.140 e. The Kier molecular flexibility index (Phi) is 10.3. The van der Waals surface area contributed by atoms with Gasteiger partial charge in [0.15, 0.2) is 0 Å². The van der Waals surface area contributed by atoms with Crippen LogP contribution in [0, 0.1) is 0 Å². The van der Waals surface area contributed by atoms with Crippen molar-refractivity contribution < 1.29 is 4.74 Å². The van der Waals surface area contributed by atoms with E-state index in [1.807, 2.05) is 12.1 Å². The van der Waals surface area contributed by atoms with Crippen LogP contribution in [0.4, 0.5) is 0 Å². The number of hydrogen-bond acceptors (Lipinski definition) is 1. The molecule has 0 N–H and O–H groups in total. The van der Waals surface area contributed by atoms with Gasteiger partial charge in [0.25, 0.3) is 0 Å². The van der Waals surface area contributed by atoms with Crippen molar-refractivity contribution in [3.8, 4) is 0 Å². The quantitative estimate of drug-likeness (QED) is 0.169. The molecule has 0 aliphatic carbocycles. The van der Waals surface area contributed by atoms with Gasteiger partial charge < -0.3 is 4.74 Å². The molecule has 0 aliphatic heterocycles. The van der Waals surface area contributed by atoms with Crippen LogP contribution in [0.1, 0.15) is 21.2 Å². The average Bonchev–Trinajstić information content (AvgIpc) is 2.57. The second kappa shape index (κ2) is 10.5. The fraction of sp³-hybridized carbons (Fsp3) is 0.143. The third-order valence-electron chi connectivity index (χ3n) is 2.99. The molecule has 0 bridgehead atoms. The van der Waals surface area contributed by atoms with Gasteiger partial charge in [0.2, 0.25) is 0 Å². The first-order valence-electron chi connectivity index (χ1n) is 6.15. The predicted molar refractivity (Wildman–Crippen MR) is 139 cm³/mol. The van der Waals surface area contributed by atoms with E-state index in [9.17, 15) is 0 Å². The molecule has 2 aromatic rings. The highest BCUT2D eigenvalue weighted by Gasteiger charge is 2.24. The Labute approximate surface area is 229 Å². The van der Waals surface area contributed by atoms with Crippen LogP contribution < -0.4 is 0 Å². The van der Waals surface area contributed by atoms with Gasteiger partial charge in [0.05, 0.1) is 0 Å². The molecule has 2 rings (SSSR count). The minimum atomic E-state index is -0.347. The molecule has 0 radical (unpaired) electrons. The fourth-order valence-electron chi connectivity index (χ4n) is 1.76. The standard InChI is InChI=1S/C14H4Br10O/c15-5-1-3(7(17)11(21)9(5)19)13(23)25-14(24)4-2-6(16)10(20)12(22)8(4)18/h1-2,13-14H. The van der Waals surface area contributed by atoms with Crippen LogP contribution in [0.15, 0.2) is 47.9 Å². The maximum atomic E-state index is 6.14. The van der Waals surface area contributed by atoms with Gasteiger partial charge in [0, 0.05) is 46.9 Å². The second-order valence-corrected chi connectivity index (χ2v) is 12.7. The molecule has 2 unspecified atom stereocenters. The summed E-state index contributed by atoms with van der Waals surface area (Å²) in [5, 5.41) is -0.694. The maximum Gasteiger partial charge on any atom is 0.140 e. The first-order valence-corrected chi connectivity index (χ1v) is 14.3. The third kappa shape index (κ3) is 5.67. The van der Waals surface area contributed by atoms with Gasteiger partial charge in [-0.15, -0.1) is 0 Å². The van der Waals surface area contributed by atoms with Crippen molar-refractivity contribution in [3.05, 3.63) is 59.0 Å². The summed E-state index contributed by atoms with van der Waals surface area (Å²) in [7, 11) is 0. The highest BCUT2D eigenvalue weighted by atomic mass is 79.9. The molecule has 0 saturated carbocycles. The zero-order chi connectivity index (χ0) is 19.0. The summed E-state index contributed by atoms with van der Waals surface area (Å²) >= 11 is 35.7. The molecule has 2 aromatic carbocycles. The lowest BCUT2D eigenvalue weighted by atomic mass is 10.2. The number of hydrogen-bond donors (Lipinski definition) is 0. The first kappa shape index (κ1) is 24.5. The van der Waals surface area contributed by atoms with Crippen molar-refractivity contribution >= 4 is 159 Å². The maximum absolute atomic E-state index is 6.14. The molecule has 136 valence electrons. The molecule has 2 atom stereocenters. The monoisotopic (exact) mass is 977 g/mol. The summed E-state index contributed by atoms with van der Waals surface area (Å²) < 4.78 is 13.5. The van der Waals surface area contributed by atoms with Crippen LogP contribution in [-0.4, -0.2) is 0 Å². The molecule has 0 amide bonds. The number of ether oxygens (including phenoxy) is 1. The molecule has 0 heterocycles. The van der Waals surface area contributed by atoms with Gasteiger partial charge in [-0.2, -0.15) is 0 Å². The van der Waals surface area contributed by atoms with Crippen LogP contribution in [0.5, 0.6) is 0 Å². The van der Waals surface area contributed by atoms with E-state index in [0.29, 0.717) is 0 Å². The van der Waals surface area contributed by atoms with Gasteiger partial charge in [-0.1, -0.05) is 31.9 Å². The van der Waals surface area contributed by atoms with Crippen molar-refractivity contribution in [2.45, 2.75) is 10.0 Å². The van der Waals surface area contributed by atoms with E-state index in [-0.39, 0.29) is 10.0 Å². The first-order chi connectivity index (χ1) is 11.6. The van der Waals surface area contributed by atoms with Crippen molar-refractivity contribution in [1.29, 1.82) is 0 Å². The van der Waals surface area contributed by atoms with Crippen molar-refractivity contribution in [3.63, 3.8) is 0 Å². The molecule has 0 saturated heterocycles. The summed E-state index contributed by atoms with van der Waals surface area (Å²) in [5.41, 5.74) is 1.88. The van der Waals surface area contributed by atoms with Gasteiger partial charge in [-0.3, -0.25) is 0 Å². The third-order valence-corrected chi connectivity index (χ3v) is 13.8. The van der Waals surface area contributed by atoms with E-state index in [1.54, 1.807) is 0 Å². The van der Waals surface area contributed by atoms with Crippen LogP contribution >= 0.6 is 159 Å². The lowest BCUT2D eigenvalue weighted by molar-refractivity contribution is 0.100. The summed E-state index contributed by atoms with van der Waals surface area (Å²) in [5.74, 6) is 0. The van der Waals surface area contributed by atoms with Crippen LogP contribution in [0.25, 0.3) is 0 Å². The lowest BCUT2D eigenvalue weighted by Crippen LogP contribution is -2.04. The van der Waals surface area contributed by atoms with E-state index in [0.717, 1.165) is 46.9 Å². The number of rotatable bonds is 4. The SMILES string of the molecule is Brc1cc(C(Br)OC(Br)c2cc(Br)c(Br)c(Br)c2Br)c(Br)c(Br)c1Br. The van der Waals surface area contributed by atoms with Gasteiger partial charge in [0.1, 0.15) is 10.0 Å².